The first-order valence-electron chi connectivity index (χ1n) is 27.2. The van der Waals surface area contributed by atoms with Crippen molar-refractivity contribution in [3.8, 4) is 0 Å². The molecule has 1 aliphatic carbocycles. The molecule has 4 aliphatic rings. The molecule has 1 amide bonds. The molecule has 0 radical (unpaired) electrons. The lowest BCUT2D eigenvalue weighted by molar-refractivity contribution is -0.302. The van der Waals surface area contributed by atoms with Crippen molar-refractivity contribution in [1.82, 2.24) is 9.47 Å². The molecule has 2 saturated heterocycles. The molecule has 3 fully saturated rings. The summed E-state index contributed by atoms with van der Waals surface area (Å²) in [7, 11) is 3.08. The van der Waals surface area contributed by atoms with E-state index >= 15 is 0 Å². The third-order valence-electron chi connectivity index (χ3n) is 16.3. The Balaban J connectivity index is 1.16. The Morgan fingerprint density at radius 1 is 0.932 bits per heavy atom. The fraction of sp³-hybridized carbons (Fsp3) is 0.600. The summed E-state index contributed by atoms with van der Waals surface area (Å²) < 4.78 is 33.3. The zero-order valence-electron chi connectivity index (χ0n) is 45.1. The first kappa shape index (κ1) is 56.8. The zero-order chi connectivity index (χ0) is 53.3. The average molecular weight is 1020 g/mol. The van der Waals surface area contributed by atoms with Gasteiger partial charge in [-0.15, -0.1) is 6.58 Å². The number of carbonyl (C=O) groups is 4. The molecule has 7 rings (SSSR count). The van der Waals surface area contributed by atoms with E-state index in [4.69, 9.17) is 23.7 Å². The highest BCUT2D eigenvalue weighted by molar-refractivity contribution is 6.39. The van der Waals surface area contributed by atoms with Gasteiger partial charge in [0.05, 0.1) is 30.5 Å². The Kier molecular flexibility index (Phi) is 19.7. The quantitative estimate of drug-likeness (QED) is 0.0893. The summed E-state index contributed by atoms with van der Waals surface area (Å²) in [5, 5.41) is 29.2. The van der Waals surface area contributed by atoms with Gasteiger partial charge in [-0.2, -0.15) is 0 Å². The molecule has 0 spiro atoms. The van der Waals surface area contributed by atoms with Gasteiger partial charge in [0.15, 0.2) is 0 Å². The van der Waals surface area contributed by atoms with Crippen LogP contribution in [0.3, 0.4) is 0 Å². The van der Waals surface area contributed by atoms with E-state index in [-0.39, 0.29) is 55.6 Å². The Morgan fingerprint density at radius 3 is 2.39 bits per heavy atom. The molecule has 2 bridgehead atoms. The van der Waals surface area contributed by atoms with E-state index in [9.17, 15) is 29.4 Å². The number of hydrogen-bond acceptors (Lipinski definition) is 12. The van der Waals surface area contributed by atoms with Gasteiger partial charge in [-0.25, -0.2) is 4.79 Å². The highest BCUT2D eigenvalue weighted by atomic mass is 16.7. The molecule has 14 atom stereocenters. The van der Waals surface area contributed by atoms with Gasteiger partial charge in [0.25, 0.3) is 11.7 Å². The van der Waals surface area contributed by atoms with Crippen LogP contribution in [-0.4, -0.2) is 125 Å². The summed E-state index contributed by atoms with van der Waals surface area (Å²) in [4.78, 5) is 59.1. The lowest BCUT2D eigenvalue weighted by atomic mass is 9.80. The van der Waals surface area contributed by atoms with Gasteiger partial charge in [-0.1, -0.05) is 74.9 Å². The van der Waals surface area contributed by atoms with Crippen LogP contribution in [0.2, 0.25) is 0 Å². The largest absolute Gasteiger partial charge is 0.456 e. The van der Waals surface area contributed by atoms with Gasteiger partial charge in [0.1, 0.15) is 24.0 Å². The first-order valence-corrected chi connectivity index (χ1v) is 27.2. The molecule has 74 heavy (non-hydrogen) atoms. The average Bonchev–Trinajstić information content (AvgIpc) is 3.78. The number of allylic oxidation sites excluding steroid dienone is 4. The van der Waals surface area contributed by atoms with Gasteiger partial charge < -0.3 is 48.7 Å². The minimum Gasteiger partial charge on any atom is -0.456 e. The zero-order valence-corrected chi connectivity index (χ0v) is 45.1. The number of aliphatic hydroxyl groups excluding tert-OH is 1. The van der Waals surface area contributed by atoms with Gasteiger partial charge in [-0.05, 0) is 132 Å². The number of aliphatic hydroxyl groups is 2. The van der Waals surface area contributed by atoms with Gasteiger partial charge in [-0.3, -0.25) is 14.4 Å². The van der Waals surface area contributed by atoms with E-state index in [1.807, 2.05) is 32.9 Å². The molecule has 3 N–H and O–H groups in total. The highest BCUT2D eigenvalue weighted by Gasteiger charge is 2.56. The van der Waals surface area contributed by atoms with E-state index in [0.29, 0.717) is 50.7 Å². The molecule has 14 unspecified atom stereocenters. The smallest absolute Gasteiger partial charge is 0.329 e. The minimum absolute atomic E-state index is 0.00351. The van der Waals surface area contributed by atoms with Crippen molar-refractivity contribution in [3.05, 3.63) is 102 Å². The number of aromatic nitrogens is 1. The standard InChI is InChI=1S/C60H83N3O11/c1-10-17-45-29-37(3)28-38(4)30-53(70-8)56-54(71-9)32-40(6)60(69,74-56)57(66)58(67)63-26-16-15-20-49(63)59(68)73-55(41(7)50(64)35-51(45)65)39(5)31-43-21-23-47(52(33-43)72-11-2)61-46-22-24-48-44(34-46)25-27-62(48)36-42-18-13-12-14-19-42/h10,12-14,18-19,22,24-25,27,29,31,34,38,40-41,43,45,47,49-50,52-56,61,64,69H,1,11,15-17,20-21,23,26,28,30,32-33,35-36H2,2-9H3/b37-29+,39-31?. The van der Waals surface area contributed by atoms with Crippen molar-refractivity contribution in [2.24, 2.45) is 29.6 Å². The van der Waals surface area contributed by atoms with Crippen molar-refractivity contribution < 1.29 is 53.1 Å². The molecule has 3 aliphatic heterocycles. The van der Waals surface area contributed by atoms with Crippen molar-refractivity contribution >= 4 is 40.0 Å². The van der Waals surface area contributed by atoms with E-state index in [0.717, 1.165) is 41.5 Å². The summed E-state index contributed by atoms with van der Waals surface area (Å²) in [5.41, 5.74) is 5.08. The number of piperidine rings is 1. The number of carbonyl (C=O) groups excluding carboxylic acids is 4. The van der Waals surface area contributed by atoms with Gasteiger partial charge in [0, 0.05) is 80.9 Å². The maximum atomic E-state index is 14.7. The third-order valence-corrected chi connectivity index (χ3v) is 16.3. The normalized spacial score (nSPS) is 34.2. The highest BCUT2D eigenvalue weighted by Crippen LogP contribution is 2.40. The molecule has 404 valence electrons. The van der Waals surface area contributed by atoms with Crippen molar-refractivity contribution in [1.29, 1.82) is 0 Å². The number of fused-ring (bicyclic) bond motifs is 4. The van der Waals surface area contributed by atoms with Crippen LogP contribution in [0, 0.1) is 29.6 Å². The Bertz CT molecular complexity index is 2470. The number of amides is 1. The number of nitrogens with zero attached hydrogens (tertiary/aromatic N) is 2. The second-order valence-corrected chi connectivity index (χ2v) is 21.9. The number of esters is 1. The van der Waals surface area contributed by atoms with Crippen LogP contribution in [0.25, 0.3) is 10.9 Å². The molecule has 1 aromatic heterocycles. The second-order valence-electron chi connectivity index (χ2n) is 21.9. The fourth-order valence-corrected chi connectivity index (χ4v) is 12.2. The fourth-order valence-electron chi connectivity index (χ4n) is 12.2. The summed E-state index contributed by atoms with van der Waals surface area (Å²) in [6, 6.07) is 17.9. The van der Waals surface area contributed by atoms with E-state index < -0.39 is 77.8 Å². The van der Waals surface area contributed by atoms with Gasteiger partial charge >= 0.3 is 5.97 Å². The van der Waals surface area contributed by atoms with E-state index in [1.165, 1.54) is 17.6 Å². The number of ketones is 2. The maximum Gasteiger partial charge on any atom is 0.329 e. The van der Waals surface area contributed by atoms with Crippen LogP contribution in [0.4, 0.5) is 5.69 Å². The summed E-state index contributed by atoms with van der Waals surface area (Å²) in [6.07, 6.45) is 8.60. The van der Waals surface area contributed by atoms with Crippen molar-refractivity contribution in [2.45, 2.75) is 173 Å². The minimum atomic E-state index is -2.52. The number of nitrogens with one attached hydrogen (secondary N) is 1. The first-order chi connectivity index (χ1) is 35.5. The van der Waals surface area contributed by atoms with Crippen LogP contribution in [0.1, 0.15) is 118 Å². The maximum absolute atomic E-state index is 14.7. The number of ether oxygens (including phenoxy) is 5. The predicted octanol–water partition coefficient (Wildman–Crippen LogP) is 9.15. The number of anilines is 1. The van der Waals surface area contributed by atoms with Crippen LogP contribution in [-0.2, 0) is 49.4 Å². The molecule has 4 heterocycles. The van der Waals surface area contributed by atoms with Gasteiger partial charge in [0.2, 0.25) is 5.79 Å². The summed E-state index contributed by atoms with van der Waals surface area (Å²) in [6.45, 7) is 16.7. The monoisotopic (exact) mass is 1020 g/mol. The van der Waals surface area contributed by atoms with Crippen LogP contribution < -0.4 is 5.32 Å². The van der Waals surface area contributed by atoms with E-state index in [2.05, 4.69) is 84.2 Å². The van der Waals surface area contributed by atoms with Crippen LogP contribution in [0.5, 0.6) is 0 Å². The summed E-state index contributed by atoms with van der Waals surface area (Å²) in [5.74, 6) is -7.70. The Labute approximate surface area is 438 Å². The number of benzene rings is 2. The number of hydrogen-bond donors (Lipinski definition) is 3. The molecule has 14 heteroatoms. The van der Waals surface area contributed by atoms with Crippen molar-refractivity contribution in [3.63, 3.8) is 0 Å². The molecule has 14 nitrogen and oxygen atoms in total. The molecule has 1 saturated carbocycles. The SMILES string of the molecule is C=CCC1/C=C(\C)CC(C)CC(OC)C2OC(O)(C(=O)C(=O)N3CCCCC3C(=O)OC(C(C)=CC3CCC(Nc4ccc5c(ccn5Cc5ccccc5)c4)C(OCC)C3)C(C)C(O)CC1=O)C(C)CC2OC. The number of cyclic esters (lactones) is 1. The second kappa shape index (κ2) is 25.7. The topological polar surface area (TPSA) is 175 Å². The number of methoxy groups -OCH3 is 2. The summed E-state index contributed by atoms with van der Waals surface area (Å²) >= 11 is 0. The lowest BCUT2D eigenvalue weighted by Gasteiger charge is -2.47. The molecular weight excluding hydrogens is 939 g/mol. The van der Waals surface area contributed by atoms with Crippen LogP contribution in [0.15, 0.2) is 96.7 Å². The third kappa shape index (κ3) is 13.3. The predicted molar refractivity (Wildman–Crippen MR) is 286 cm³/mol. The molecular formula is C60H83N3O11. The molecule has 2 aromatic carbocycles. The lowest BCUT2D eigenvalue weighted by Crippen LogP contribution is -2.64. The Hall–Kier alpha value is -4.96. The number of Topliss-reactive ketones (excluding diaryl/α,β-unsaturated/α-hetero) is 2. The number of rotatable bonds is 12. The van der Waals surface area contributed by atoms with Crippen LogP contribution >= 0.6 is 0 Å². The van der Waals surface area contributed by atoms with Crippen molar-refractivity contribution in [2.75, 3.05) is 32.7 Å². The van der Waals surface area contributed by atoms with E-state index in [1.54, 1.807) is 27.0 Å². The molecule has 3 aromatic rings. The Morgan fingerprint density at radius 2 is 1.68 bits per heavy atom.